The standard InChI is InChI=1S/C20H17N3O3S/c1-3-22-18(24)16(19(25)23(4-2)20(22)27)11-15-9-10-17(26-15)14-7-5-13(12-21)6-8-14/h5-11H,3-4H2,1-2H3. The van der Waals surface area contributed by atoms with Gasteiger partial charge in [0.25, 0.3) is 11.8 Å². The van der Waals surface area contributed by atoms with Crippen molar-refractivity contribution in [2.24, 2.45) is 0 Å². The minimum absolute atomic E-state index is 0.0213. The monoisotopic (exact) mass is 379 g/mol. The van der Waals surface area contributed by atoms with Crippen LogP contribution in [0.3, 0.4) is 0 Å². The molecule has 1 aliphatic rings. The Hall–Kier alpha value is -3.24. The molecule has 0 spiro atoms. The van der Waals surface area contributed by atoms with Gasteiger partial charge in [0.15, 0.2) is 5.11 Å². The van der Waals surface area contributed by atoms with Gasteiger partial charge in [0.1, 0.15) is 17.1 Å². The van der Waals surface area contributed by atoms with E-state index in [1.54, 1.807) is 50.2 Å². The van der Waals surface area contributed by atoms with E-state index in [0.29, 0.717) is 30.2 Å². The number of carbonyl (C=O) groups excluding carboxylic acids is 2. The van der Waals surface area contributed by atoms with Crippen molar-refractivity contribution in [3.8, 4) is 17.4 Å². The average molecular weight is 379 g/mol. The summed E-state index contributed by atoms with van der Waals surface area (Å²) >= 11 is 5.24. The molecule has 1 aromatic heterocycles. The van der Waals surface area contributed by atoms with Gasteiger partial charge in [-0.2, -0.15) is 5.26 Å². The molecule has 27 heavy (non-hydrogen) atoms. The fourth-order valence-corrected chi connectivity index (χ4v) is 3.24. The molecule has 2 aromatic rings. The van der Waals surface area contributed by atoms with Gasteiger partial charge in [0.2, 0.25) is 0 Å². The summed E-state index contributed by atoms with van der Waals surface area (Å²) in [6.07, 6.45) is 1.45. The van der Waals surface area contributed by atoms with Crippen molar-refractivity contribution in [3.05, 3.63) is 53.3 Å². The number of nitrogens with zero attached hydrogens (tertiary/aromatic N) is 3. The number of benzene rings is 1. The maximum absolute atomic E-state index is 12.6. The molecule has 2 heterocycles. The Labute approximate surface area is 162 Å². The van der Waals surface area contributed by atoms with Gasteiger partial charge < -0.3 is 4.42 Å². The fourth-order valence-electron chi connectivity index (χ4n) is 2.82. The number of likely N-dealkylation sites (N-methyl/N-ethyl adjacent to an activating group) is 2. The highest BCUT2D eigenvalue weighted by Crippen LogP contribution is 2.25. The topological polar surface area (TPSA) is 77.5 Å². The third-order valence-corrected chi connectivity index (χ3v) is 4.70. The van der Waals surface area contributed by atoms with Crippen LogP contribution in [0.25, 0.3) is 17.4 Å². The summed E-state index contributed by atoms with van der Waals surface area (Å²) < 4.78 is 5.77. The maximum atomic E-state index is 12.6. The Morgan fingerprint density at radius 1 is 1.04 bits per heavy atom. The summed E-state index contributed by atoms with van der Waals surface area (Å²) in [5.74, 6) is 0.130. The summed E-state index contributed by atoms with van der Waals surface area (Å²) in [6, 6.07) is 12.5. The first-order chi connectivity index (χ1) is 13.0. The molecule has 0 atom stereocenters. The molecule has 0 radical (unpaired) electrons. The Morgan fingerprint density at radius 2 is 1.63 bits per heavy atom. The van der Waals surface area contributed by atoms with E-state index in [9.17, 15) is 9.59 Å². The molecule has 0 aliphatic carbocycles. The molecule has 0 bridgehead atoms. The van der Waals surface area contributed by atoms with Crippen molar-refractivity contribution in [1.29, 1.82) is 5.26 Å². The van der Waals surface area contributed by atoms with E-state index in [4.69, 9.17) is 21.9 Å². The Balaban J connectivity index is 1.94. The number of hydrogen-bond acceptors (Lipinski definition) is 5. The van der Waals surface area contributed by atoms with Gasteiger partial charge in [-0.25, -0.2) is 0 Å². The Morgan fingerprint density at radius 3 is 2.15 bits per heavy atom. The molecule has 7 heteroatoms. The van der Waals surface area contributed by atoms with Crippen molar-refractivity contribution < 1.29 is 14.0 Å². The van der Waals surface area contributed by atoms with Crippen molar-refractivity contribution in [3.63, 3.8) is 0 Å². The second kappa shape index (κ2) is 7.56. The quantitative estimate of drug-likeness (QED) is 0.463. The van der Waals surface area contributed by atoms with Crippen LogP contribution in [-0.4, -0.2) is 39.8 Å². The summed E-state index contributed by atoms with van der Waals surface area (Å²) in [5.41, 5.74) is 1.38. The highest BCUT2D eigenvalue weighted by molar-refractivity contribution is 7.80. The lowest BCUT2D eigenvalue weighted by Gasteiger charge is -2.35. The molecule has 0 unspecified atom stereocenters. The van der Waals surface area contributed by atoms with E-state index in [1.165, 1.54) is 15.9 Å². The van der Waals surface area contributed by atoms with E-state index >= 15 is 0 Å². The van der Waals surface area contributed by atoms with Crippen molar-refractivity contribution in [2.75, 3.05) is 13.1 Å². The number of furan rings is 1. The lowest BCUT2D eigenvalue weighted by Crippen LogP contribution is -2.55. The van der Waals surface area contributed by atoms with Crippen LogP contribution in [0.4, 0.5) is 0 Å². The van der Waals surface area contributed by atoms with Crippen molar-refractivity contribution in [2.45, 2.75) is 13.8 Å². The van der Waals surface area contributed by atoms with Gasteiger partial charge in [-0.1, -0.05) is 0 Å². The van der Waals surface area contributed by atoms with Crippen LogP contribution in [-0.2, 0) is 9.59 Å². The third-order valence-electron chi connectivity index (χ3n) is 4.26. The number of nitriles is 1. The zero-order valence-electron chi connectivity index (χ0n) is 14.9. The average Bonchev–Trinajstić information content (AvgIpc) is 3.15. The lowest BCUT2D eigenvalue weighted by atomic mass is 10.1. The molecule has 3 rings (SSSR count). The fraction of sp³-hybridized carbons (Fsp3) is 0.200. The summed E-state index contributed by atoms with van der Waals surface area (Å²) in [5, 5.41) is 9.10. The first-order valence-corrected chi connectivity index (χ1v) is 8.90. The van der Waals surface area contributed by atoms with Crippen LogP contribution in [0, 0.1) is 11.3 Å². The minimum atomic E-state index is -0.423. The van der Waals surface area contributed by atoms with E-state index < -0.39 is 11.8 Å². The van der Waals surface area contributed by atoms with Crippen LogP contribution in [0.2, 0.25) is 0 Å². The van der Waals surface area contributed by atoms with E-state index in [-0.39, 0.29) is 10.7 Å². The van der Waals surface area contributed by atoms with Gasteiger partial charge in [-0.3, -0.25) is 19.4 Å². The molecule has 1 fully saturated rings. The van der Waals surface area contributed by atoms with Crippen molar-refractivity contribution in [1.82, 2.24) is 9.80 Å². The first-order valence-electron chi connectivity index (χ1n) is 8.49. The molecule has 1 aromatic carbocycles. The summed E-state index contributed by atoms with van der Waals surface area (Å²) in [6.45, 7) is 4.38. The largest absolute Gasteiger partial charge is 0.457 e. The van der Waals surface area contributed by atoms with Crippen LogP contribution < -0.4 is 0 Å². The highest BCUT2D eigenvalue weighted by atomic mass is 32.1. The van der Waals surface area contributed by atoms with Gasteiger partial charge in [-0.15, -0.1) is 0 Å². The molecule has 2 amide bonds. The predicted octanol–water partition coefficient (Wildman–Crippen LogP) is 3.20. The molecule has 6 nitrogen and oxygen atoms in total. The maximum Gasteiger partial charge on any atom is 0.265 e. The third kappa shape index (κ3) is 3.39. The van der Waals surface area contributed by atoms with Crippen molar-refractivity contribution >= 4 is 35.2 Å². The van der Waals surface area contributed by atoms with Gasteiger partial charge in [0, 0.05) is 18.7 Å². The number of rotatable bonds is 4. The molecular formula is C20H17N3O3S. The SMILES string of the molecule is CCN1C(=O)C(=Cc2ccc(-c3ccc(C#N)cc3)o2)C(=O)N(CC)C1=S. The molecule has 136 valence electrons. The molecule has 0 saturated carbocycles. The zero-order chi connectivity index (χ0) is 19.6. The summed E-state index contributed by atoms with van der Waals surface area (Å²) in [4.78, 5) is 28.1. The molecule has 1 saturated heterocycles. The number of thiocarbonyl (C=S) groups is 1. The van der Waals surface area contributed by atoms with Crippen LogP contribution >= 0.6 is 12.2 Å². The van der Waals surface area contributed by atoms with Gasteiger partial charge in [-0.05, 0) is 68.5 Å². The number of amides is 2. The van der Waals surface area contributed by atoms with E-state index in [2.05, 4.69) is 6.07 Å². The molecule has 0 N–H and O–H groups in total. The predicted molar refractivity (Wildman–Crippen MR) is 104 cm³/mol. The zero-order valence-corrected chi connectivity index (χ0v) is 15.7. The molecular weight excluding hydrogens is 362 g/mol. The van der Waals surface area contributed by atoms with Gasteiger partial charge in [0.05, 0.1) is 11.6 Å². The highest BCUT2D eigenvalue weighted by Gasteiger charge is 2.38. The number of hydrogen-bond donors (Lipinski definition) is 0. The van der Waals surface area contributed by atoms with Gasteiger partial charge >= 0.3 is 0 Å². The van der Waals surface area contributed by atoms with E-state index in [1.807, 2.05) is 0 Å². The second-order valence-electron chi connectivity index (χ2n) is 5.83. The Bertz CT molecular complexity index is 955. The van der Waals surface area contributed by atoms with Crippen LogP contribution in [0.1, 0.15) is 25.2 Å². The van der Waals surface area contributed by atoms with E-state index in [0.717, 1.165) is 5.56 Å². The smallest absolute Gasteiger partial charge is 0.265 e. The lowest BCUT2D eigenvalue weighted by molar-refractivity contribution is -0.133. The van der Waals surface area contributed by atoms with Crippen LogP contribution in [0.15, 0.2) is 46.4 Å². The Kier molecular flexibility index (Phi) is 5.19. The normalized spacial score (nSPS) is 14.6. The number of carbonyl (C=O) groups is 2. The van der Waals surface area contributed by atoms with Crippen LogP contribution in [0.5, 0.6) is 0 Å². The first kappa shape index (κ1) is 18.5. The minimum Gasteiger partial charge on any atom is -0.457 e. The second-order valence-corrected chi connectivity index (χ2v) is 6.20. The summed E-state index contributed by atoms with van der Waals surface area (Å²) in [7, 11) is 0. The molecule has 1 aliphatic heterocycles.